The molecule has 0 fully saturated rings. The number of esters is 2. The number of benzene rings is 1. The van der Waals surface area contributed by atoms with E-state index in [9.17, 15) is 14.4 Å². The van der Waals surface area contributed by atoms with Crippen LogP contribution in [0.2, 0.25) is 0 Å². The number of methoxy groups -OCH3 is 1. The second-order valence-corrected chi connectivity index (χ2v) is 8.14. The minimum absolute atomic E-state index is 0.215. The van der Waals surface area contributed by atoms with Crippen LogP contribution in [0.3, 0.4) is 0 Å². The fraction of sp³-hybridized carbons (Fsp3) is 0.364. The van der Waals surface area contributed by atoms with Gasteiger partial charge in [-0.25, -0.2) is 14.3 Å². The molecule has 0 aliphatic rings. The Hall–Kier alpha value is -3.46. The highest BCUT2D eigenvalue weighted by Crippen LogP contribution is 2.17. The zero-order valence-electron chi connectivity index (χ0n) is 18.0. The quantitative estimate of drug-likeness (QED) is 0.594. The Morgan fingerprint density at radius 1 is 1.16 bits per heavy atom. The predicted octanol–water partition coefficient (Wildman–Crippen LogP) is 1.57. The van der Waals surface area contributed by atoms with Gasteiger partial charge in [-0.3, -0.25) is 14.2 Å². The molecule has 0 amide bonds. The first-order valence-corrected chi connectivity index (χ1v) is 9.81. The Bertz CT molecular complexity index is 1160. The van der Waals surface area contributed by atoms with Crippen molar-refractivity contribution >= 4 is 23.1 Å². The van der Waals surface area contributed by atoms with Gasteiger partial charge >= 0.3 is 17.6 Å². The van der Waals surface area contributed by atoms with Crippen molar-refractivity contribution in [2.75, 3.05) is 7.11 Å². The number of carbonyl (C=O) groups is 2. The van der Waals surface area contributed by atoms with E-state index in [1.165, 1.54) is 16.2 Å². The van der Waals surface area contributed by atoms with Crippen molar-refractivity contribution in [3.8, 4) is 5.69 Å². The fourth-order valence-electron chi connectivity index (χ4n) is 3.16. The van der Waals surface area contributed by atoms with E-state index in [0.29, 0.717) is 23.3 Å². The monoisotopic (exact) mass is 426 g/mol. The van der Waals surface area contributed by atoms with Gasteiger partial charge in [-0.15, -0.1) is 0 Å². The van der Waals surface area contributed by atoms with Gasteiger partial charge in [0.1, 0.15) is 18.2 Å². The first-order chi connectivity index (χ1) is 14.6. The van der Waals surface area contributed by atoms with Crippen molar-refractivity contribution in [1.29, 1.82) is 0 Å². The molecule has 2 aromatic heterocycles. The minimum atomic E-state index is -0.795. The summed E-state index contributed by atoms with van der Waals surface area (Å²) < 4.78 is 12.8. The molecule has 9 nitrogen and oxygen atoms in total. The number of hydrogen-bond donors (Lipinski definition) is 1. The Morgan fingerprint density at radius 2 is 1.84 bits per heavy atom. The number of ether oxygens (including phenoxy) is 2. The van der Waals surface area contributed by atoms with E-state index in [0.717, 1.165) is 5.56 Å². The van der Waals surface area contributed by atoms with E-state index in [2.05, 4.69) is 4.98 Å². The first-order valence-electron chi connectivity index (χ1n) is 9.81. The summed E-state index contributed by atoms with van der Waals surface area (Å²) in [5.41, 5.74) is 7.31. The number of carbonyl (C=O) groups excluding carboxylic acids is 2. The number of nitrogens with zero attached hydrogens (tertiary/aromatic N) is 3. The van der Waals surface area contributed by atoms with Gasteiger partial charge in [-0.2, -0.15) is 0 Å². The number of fused-ring (bicyclic) bond motifs is 1. The third-order valence-electron chi connectivity index (χ3n) is 4.57. The lowest BCUT2D eigenvalue weighted by Crippen LogP contribution is -2.38. The minimum Gasteiger partial charge on any atom is -0.468 e. The van der Waals surface area contributed by atoms with Crippen molar-refractivity contribution in [2.45, 2.75) is 45.4 Å². The third kappa shape index (κ3) is 5.00. The molecular formula is C22H26N4O5. The summed E-state index contributed by atoms with van der Waals surface area (Å²) in [7, 11) is 1.27. The Morgan fingerprint density at radius 3 is 2.45 bits per heavy atom. The lowest BCUT2D eigenvalue weighted by atomic mass is 10.1. The average Bonchev–Trinajstić information content (AvgIpc) is 2.99. The molecule has 3 rings (SSSR count). The van der Waals surface area contributed by atoms with Crippen LogP contribution in [0.25, 0.3) is 16.9 Å². The summed E-state index contributed by atoms with van der Waals surface area (Å²) >= 11 is 0. The number of nitrogens with two attached hydrogens (primary N) is 1. The van der Waals surface area contributed by atoms with E-state index in [1.807, 2.05) is 0 Å². The van der Waals surface area contributed by atoms with Crippen LogP contribution in [0.4, 0.5) is 0 Å². The number of hydrogen-bond acceptors (Lipinski definition) is 7. The fourth-order valence-corrected chi connectivity index (χ4v) is 3.16. The molecule has 2 heterocycles. The number of aromatic nitrogens is 3. The number of pyridine rings is 1. The molecule has 1 aromatic carbocycles. The van der Waals surface area contributed by atoms with Crippen LogP contribution in [-0.4, -0.2) is 44.8 Å². The maximum absolute atomic E-state index is 13.0. The van der Waals surface area contributed by atoms with E-state index in [1.54, 1.807) is 63.4 Å². The molecule has 0 spiro atoms. The van der Waals surface area contributed by atoms with Crippen molar-refractivity contribution in [2.24, 2.45) is 5.73 Å². The molecule has 0 aliphatic carbocycles. The van der Waals surface area contributed by atoms with Gasteiger partial charge in [-0.05, 0) is 57.0 Å². The average molecular weight is 426 g/mol. The van der Waals surface area contributed by atoms with E-state index in [-0.39, 0.29) is 6.54 Å². The van der Waals surface area contributed by atoms with Gasteiger partial charge in [0.15, 0.2) is 5.65 Å². The maximum Gasteiger partial charge on any atom is 0.335 e. The van der Waals surface area contributed by atoms with Crippen molar-refractivity contribution in [3.63, 3.8) is 0 Å². The SMILES string of the molecule is COC(=O)Cn1c(=O)n(-c2ccc(C[C@H](N)C(=O)OC(C)(C)C)cc2)c2ncccc21. The first kappa shape index (κ1) is 22.2. The maximum atomic E-state index is 13.0. The van der Waals surface area contributed by atoms with Crippen molar-refractivity contribution < 1.29 is 19.1 Å². The molecule has 0 bridgehead atoms. The molecule has 0 saturated carbocycles. The smallest absolute Gasteiger partial charge is 0.335 e. The molecule has 31 heavy (non-hydrogen) atoms. The highest BCUT2D eigenvalue weighted by Gasteiger charge is 2.23. The van der Waals surface area contributed by atoms with Gasteiger partial charge in [0, 0.05) is 6.20 Å². The second kappa shape index (κ2) is 8.73. The molecule has 9 heteroatoms. The van der Waals surface area contributed by atoms with E-state index in [4.69, 9.17) is 15.2 Å². The Balaban J connectivity index is 1.89. The van der Waals surface area contributed by atoms with Crippen LogP contribution < -0.4 is 11.4 Å². The predicted molar refractivity (Wildman–Crippen MR) is 115 cm³/mol. The van der Waals surface area contributed by atoms with E-state index >= 15 is 0 Å². The Labute approximate surface area is 179 Å². The third-order valence-corrected chi connectivity index (χ3v) is 4.57. The molecule has 1 atom stereocenters. The highest BCUT2D eigenvalue weighted by molar-refractivity contribution is 5.77. The summed E-state index contributed by atoms with van der Waals surface area (Å²) in [5.74, 6) is -1.00. The summed E-state index contributed by atoms with van der Waals surface area (Å²) in [6, 6.07) is 9.69. The van der Waals surface area contributed by atoms with Crippen LogP contribution in [0.1, 0.15) is 26.3 Å². The highest BCUT2D eigenvalue weighted by atomic mass is 16.6. The van der Waals surface area contributed by atoms with Crippen molar-refractivity contribution in [1.82, 2.24) is 14.1 Å². The van der Waals surface area contributed by atoms with Gasteiger partial charge < -0.3 is 15.2 Å². The van der Waals surface area contributed by atoms with Gasteiger partial charge in [0.2, 0.25) is 0 Å². The van der Waals surface area contributed by atoms with Crippen LogP contribution in [0.5, 0.6) is 0 Å². The lowest BCUT2D eigenvalue weighted by Gasteiger charge is -2.22. The molecule has 0 saturated heterocycles. The summed E-state index contributed by atoms with van der Waals surface area (Å²) in [5, 5.41) is 0. The lowest BCUT2D eigenvalue weighted by molar-refractivity contribution is -0.156. The van der Waals surface area contributed by atoms with Gasteiger partial charge in [0.05, 0.1) is 18.3 Å². The largest absolute Gasteiger partial charge is 0.468 e. The van der Waals surface area contributed by atoms with Gasteiger partial charge in [0.25, 0.3) is 0 Å². The van der Waals surface area contributed by atoms with Crippen LogP contribution in [0.15, 0.2) is 47.4 Å². The normalized spacial score (nSPS) is 12.5. The van der Waals surface area contributed by atoms with Crippen molar-refractivity contribution in [3.05, 3.63) is 58.6 Å². The number of imidazole rings is 1. The molecule has 0 radical (unpaired) electrons. The summed E-state index contributed by atoms with van der Waals surface area (Å²) in [6.45, 7) is 5.14. The Kier molecular flexibility index (Phi) is 6.26. The topological polar surface area (TPSA) is 118 Å². The number of rotatable bonds is 6. The summed E-state index contributed by atoms with van der Waals surface area (Å²) in [6.07, 6.45) is 1.88. The molecular weight excluding hydrogens is 400 g/mol. The van der Waals surface area contributed by atoms with Crippen LogP contribution in [-0.2, 0) is 32.0 Å². The van der Waals surface area contributed by atoms with Gasteiger partial charge in [-0.1, -0.05) is 12.1 Å². The molecule has 164 valence electrons. The van der Waals surface area contributed by atoms with Crippen LogP contribution >= 0.6 is 0 Å². The van der Waals surface area contributed by atoms with E-state index < -0.39 is 29.3 Å². The molecule has 3 aromatic rings. The second-order valence-electron chi connectivity index (χ2n) is 8.14. The molecule has 0 unspecified atom stereocenters. The zero-order valence-corrected chi connectivity index (χ0v) is 18.0. The molecule has 0 aliphatic heterocycles. The van der Waals surface area contributed by atoms with Crippen LogP contribution in [0, 0.1) is 0 Å². The molecule has 2 N–H and O–H groups in total. The standard InChI is InChI=1S/C22H26N4O5/c1-22(2,3)31-20(28)16(23)12-14-7-9-15(10-8-14)26-19-17(6-5-11-24-19)25(21(26)29)13-18(27)30-4/h5-11,16H,12-13,23H2,1-4H3/t16-/m0/s1. The summed E-state index contributed by atoms with van der Waals surface area (Å²) in [4.78, 5) is 41.2. The zero-order chi connectivity index (χ0) is 22.8.